The number of rotatable bonds is 11. The number of amides is 4. The first-order chi connectivity index (χ1) is 33.6. The maximum Gasteiger partial charge on any atom is 0.262 e. The standard InChI is InChI=1S/C51H51ClFN10O6P/c1-60-29-32(27-55-60)33-24-39(57-50-54-28-36(52)46(59-50)56-38-11-10-31(22-44(38)70(3,4)68)30-8-6-5-7-9-30)43(69-2)26-41(33)61-18-14-51(15-19-61)16-20-62(21-17-51)42-25-35-34(23-37(42)53)48(66)63(49(35)67)40-12-13-45(64)58-47(40)65/h5-11,22-29,40H,12-21H2,1-4H3,(H,58,64,65)(H2,54,56,57,59). The van der Waals surface area contributed by atoms with Crippen LogP contribution in [-0.4, -0.2) is 101 Å². The van der Waals surface area contributed by atoms with E-state index >= 15 is 4.39 Å². The Labute approximate surface area is 408 Å². The van der Waals surface area contributed by atoms with Crippen LogP contribution in [0.5, 0.6) is 5.75 Å². The summed E-state index contributed by atoms with van der Waals surface area (Å²) in [5, 5.41) is 14.3. The van der Waals surface area contributed by atoms with Crippen LogP contribution in [0, 0.1) is 11.2 Å². The Bertz CT molecular complexity index is 3140. The molecule has 4 amide bonds. The lowest BCUT2D eigenvalue weighted by atomic mass is 9.71. The number of imide groups is 2. The molecule has 4 aliphatic heterocycles. The predicted octanol–water partition coefficient (Wildman–Crippen LogP) is 8.37. The number of benzene rings is 4. The van der Waals surface area contributed by atoms with Crippen LogP contribution in [0.2, 0.25) is 5.02 Å². The molecule has 6 aromatic rings. The SMILES string of the molecule is COc1cc(N2CCC3(CCN(c4cc5c(cc4F)C(=O)N(C4CCC(=O)NC4=O)C5=O)CC3)CC2)c(-c2cnn(C)c2)cc1Nc1ncc(Cl)c(Nc2ccc(-c3ccccc3)cc2P(C)(C)=O)n1. The number of hydrogen-bond donors (Lipinski definition) is 3. The topological polar surface area (TPSA) is 184 Å². The molecule has 1 atom stereocenters. The summed E-state index contributed by atoms with van der Waals surface area (Å²) >= 11 is 6.69. The smallest absolute Gasteiger partial charge is 0.262 e. The molecule has 19 heteroatoms. The van der Waals surface area contributed by atoms with E-state index in [9.17, 15) is 23.7 Å². The van der Waals surface area contributed by atoms with Gasteiger partial charge in [0.2, 0.25) is 17.8 Å². The van der Waals surface area contributed by atoms with Crippen LogP contribution in [0.25, 0.3) is 22.3 Å². The van der Waals surface area contributed by atoms with Crippen molar-refractivity contribution in [2.45, 2.75) is 44.6 Å². The normalized spacial score (nSPS) is 18.0. The summed E-state index contributed by atoms with van der Waals surface area (Å²) in [6.07, 6.45) is 8.73. The Hall–Kier alpha value is -7.10. The van der Waals surface area contributed by atoms with Gasteiger partial charge in [-0.3, -0.25) is 34.1 Å². The highest BCUT2D eigenvalue weighted by Gasteiger charge is 2.46. The predicted molar refractivity (Wildman–Crippen MR) is 268 cm³/mol. The molecule has 16 nitrogen and oxygen atoms in total. The van der Waals surface area contributed by atoms with Gasteiger partial charge < -0.3 is 29.7 Å². The third-order valence-electron chi connectivity index (χ3n) is 14.1. The number of ether oxygens (including phenoxy) is 1. The van der Waals surface area contributed by atoms with E-state index in [0.717, 1.165) is 77.7 Å². The van der Waals surface area contributed by atoms with Crippen molar-refractivity contribution in [2.75, 3.05) is 67.1 Å². The summed E-state index contributed by atoms with van der Waals surface area (Å²) < 4.78 is 37.2. The van der Waals surface area contributed by atoms with Crippen molar-refractivity contribution in [1.29, 1.82) is 0 Å². The fourth-order valence-electron chi connectivity index (χ4n) is 10.2. The van der Waals surface area contributed by atoms with Crippen molar-refractivity contribution < 1.29 is 32.9 Å². The van der Waals surface area contributed by atoms with Gasteiger partial charge in [-0.25, -0.2) is 9.37 Å². The quantitative estimate of drug-likeness (QED) is 0.0832. The lowest BCUT2D eigenvalue weighted by Crippen LogP contribution is -2.54. The zero-order chi connectivity index (χ0) is 49.1. The van der Waals surface area contributed by atoms with Crippen molar-refractivity contribution in [3.8, 4) is 28.0 Å². The van der Waals surface area contributed by atoms with E-state index in [1.54, 1.807) is 25.1 Å². The number of nitrogens with zero attached hydrogens (tertiary/aromatic N) is 7. The average molecular weight is 985 g/mol. The maximum absolute atomic E-state index is 15.8. The number of nitrogens with one attached hydrogen (secondary N) is 3. The van der Waals surface area contributed by atoms with Gasteiger partial charge in [0.05, 0.1) is 47.7 Å². The van der Waals surface area contributed by atoms with E-state index in [1.807, 2.05) is 85.0 Å². The molecular weight excluding hydrogens is 934 g/mol. The Balaban J connectivity index is 0.851. The van der Waals surface area contributed by atoms with Crippen molar-refractivity contribution in [1.82, 2.24) is 30.0 Å². The molecule has 4 aliphatic rings. The molecule has 3 N–H and O–H groups in total. The van der Waals surface area contributed by atoms with E-state index in [4.69, 9.17) is 21.3 Å². The highest BCUT2D eigenvalue weighted by molar-refractivity contribution is 7.70. The zero-order valence-corrected chi connectivity index (χ0v) is 40.7. The van der Waals surface area contributed by atoms with Crippen molar-refractivity contribution >= 4 is 82.2 Å². The monoisotopic (exact) mass is 984 g/mol. The Morgan fingerprint density at radius 1 is 0.800 bits per heavy atom. The van der Waals surface area contributed by atoms with Gasteiger partial charge in [-0.15, -0.1) is 0 Å². The van der Waals surface area contributed by atoms with Gasteiger partial charge in [-0.05, 0) is 92.3 Å². The van der Waals surface area contributed by atoms with E-state index in [0.29, 0.717) is 41.3 Å². The fraction of sp³-hybridized carbons (Fsp3) is 0.314. The first-order valence-electron chi connectivity index (χ1n) is 23.2. The Morgan fingerprint density at radius 3 is 2.13 bits per heavy atom. The second-order valence-electron chi connectivity index (χ2n) is 18.8. The molecule has 0 aliphatic carbocycles. The minimum Gasteiger partial charge on any atom is -0.494 e. The number of aromatic nitrogens is 4. The number of piperidine rings is 3. The summed E-state index contributed by atoms with van der Waals surface area (Å²) in [4.78, 5) is 65.6. The molecule has 1 spiro atoms. The second kappa shape index (κ2) is 18.3. The van der Waals surface area contributed by atoms with Crippen LogP contribution in [0.1, 0.15) is 59.2 Å². The molecular formula is C51H51ClFN10O6P. The minimum atomic E-state index is -2.76. The van der Waals surface area contributed by atoms with Crippen LogP contribution in [0.4, 0.5) is 38.9 Å². The molecule has 3 saturated heterocycles. The van der Waals surface area contributed by atoms with Gasteiger partial charge in [0.25, 0.3) is 11.8 Å². The minimum absolute atomic E-state index is 0.00105. The molecule has 70 heavy (non-hydrogen) atoms. The van der Waals surface area contributed by atoms with Crippen LogP contribution in [-0.2, 0) is 21.2 Å². The van der Waals surface area contributed by atoms with E-state index in [1.165, 1.54) is 12.3 Å². The Kier molecular flexibility index (Phi) is 12.2. The summed E-state index contributed by atoms with van der Waals surface area (Å²) in [6, 6.07) is 21.2. The lowest BCUT2D eigenvalue weighted by molar-refractivity contribution is -0.136. The summed E-state index contributed by atoms with van der Waals surface area (Å²) in [5.74, 6) is -2.01. The van der Waals surface area contributed by atoms with Crippen molar-refractivity contribution in [3.05, 3.63) is 113 Å². The van der Waals surface area contributed by atoms with Gasteiger partial charge in [0.15, 0.2) is 5.82 Å². The molecule has 4 aromatic carbocycles. The van der Waals surface area contributed by atoms with Gasteiger partial charge in [-0.2, -0.15) is 10.1 Å². The van der Waals surface area contributed by atoms with Gasteiger partial charge in [-0.1, -0.05) is 48.0 Å². The molecule has 0 radical (unpaired) electrons. The molecule has 360 valence electrons. The molecule has 10 rings (SSSR count). The first-order valence-corrected chi connectivity index (χ1v) is 26.1. The van der Waals surface area contributed by atoms with Crippen LogP contribution < -0.4 is 35.8 Å². The van der Waals surface area contributed by atoms with Crippen LogP contribution in [0.15, 0.2) is 91.4 Å². The molecule has 0 saturated carbocycles. The van der Waals surface area contributed by atoms with Crippen molar-refractivity contribution in [3.63, 3.8) is 0 Å². The van der Waals surface area contributed by atoms with E-state index in [-0.39, 0.29) is 46.0 Å². The second-order valence-corrected chi connectivity index (χ2v) is 22.4. The summed E-state index contributed by atoms with van der Waals surface area (Å²) in [5.41, 5.74) is 6.26. The highest BCUT2D eigenvalue weighted by Crippen LogP contribution is 2.47. The third kappa shape index (κ3) is 8.88. The number of fused-ring (bicyclic) bond motifs is 1. The van der Waals surface area contributed by atoms with Crippen molar-refractivity contribution in [2.24, 2.45) is 12.5 Å². The number of carbonyl (C=O) groups is 4. The number of halogens is 2. The van der Waals surface area contributed by atoms with Gasteiger partial charge in [0.1, 0.15) is 29.8 Å². The summed E-state index contributed by atoms with van der Waals surface area (Å²) in [6.45, 7) is 6.11. The lowest BCUT2D eigenvalue weighted by Gasteiger charge is -2.48. The molecule has 1 unspecified atom stereocenters. The number of methoxy groups -OCH3 is 1. The number of anilines is 6. The maximum atomic E-state index is 15.8. The largest absolute Gasteiger partial charge is 0.494 e. The van der Waals surface area contributed by atoms with Gasteiger partial charge in [0, 0.05) is 74.0 Å². The zero-order valence-electron chi connectivity index (χ0n) is 39.1. The molecule has 3 fully saturated rings. The molecule has 2 aromatic heterocycles. The van der Waals surface area contributed by atoms with E-state index < -0.39 is 42.6 Å². The number of hydrogen-bond acceptors (Lipinski definition) is 13. The third-order valence-corrected chi connectivity index (χ3v) is 15.9. The van der Waals surface area contributed by atoms with Gasteiger partial charge >= 0.3 is 0 Å². The molecule has 0 bridgehead atoms. The summed E-state index contributed by atoms with van der Waals surface area (Å²) in [7, 11) is 0.724. The highest BCUT2D eigenvalue weighted by atomic mass is 35.5. The average Bonchev–Trinajstić information content (AvgIpc) is 3.88. The number of carbonyl (C=O) groups excluding carboxylic acids is 4. The first kappa shape index (κ1) is 46.6. The van der Waals surface area contributed by atoms with E-state index in [2.05, 4.69) is 30.9 Å². The van der Waals surface area contributed by atoms with Crippen LogP contribution >= 0.6 is 18.7 Å². The van der Waals surface area contributed by atoms with Crippen LogP contribution in [0.3, 0.4) is 0 Å². The fourth-order valence-corrected chi connectivity index (χ4v) is 11.5. The number of aryl methyl sites for hydroxylation is 1. The molecule has 6 heterocycles. The Morgan fingerprint density at radius 2 is 1.49 bits per heavy atom.